The molecule has 0 atom stereocenters. The van der Waals surface area contributed by atoms with Gasteiger partial charge in [-0.05, 0) is 56.3 Å². The summed E-state index contributed by atoms with van der Waals surface area (Å²) in [5.41, 5.74) is -0.283. The molecule has 4 bridgehead atoms. The summed E-state index contributed by atoms with van der Waals surface area (Å²) in [5.74, 6) is 1.75. The molecule has 4 aliphatic carbocycles. The third-order valence-corrected chi connectivity index (χ3v) is 4.49. The van der Waals surface area contributed by atoms with E-state index < -0.39 is 5.97 Å². The molecule has 0 spiro atoms. The topological polar surface area (TPSA) is 37.3 Å². The van der Waals surface area contributed by atoms with E-state index >= 15 is 0 Å². The van der Waals surface area contributed by atoms with Crippen molar-refractivity contribution >= 4 is 57.4 Å². The molecule has 0 aromatic heterocycles. The first-order valence-corrected chi connectivity index (χ1v) is 5.41. The summed E-state index contributed by atoms with van der Waals surface area (Å²) in [6.07, 6.45) is 6.92. The van der Waals surface area contributed by atoms with Crippen LogP contribution < -0.4 is 0 Å². The van der Waals surface area contributed by atoms with E-state index in [1.807, 2.05) is 0 Å². The SMILES string of the molecule is O=C(O)C12CC3CC(CC(C3)C1)C2.[KH]. The number of hydrogen-bond donors (Lipinski definition) is 1. The van der Waals surface area contributed by atoms with Gasteiger partial charge in [0.2, 0.25) is 0 Å². The van der Waals surface area contributed by atoms with E-state index in [4.69, 9.17) is 0 Å². The Hall–Kier alpha value is 1.11. The third kappa shape index (κ3) is 1.65. The van der Waals surface area contributed by atoms with E-state index in [0.29, 0.717) is 0 Å². The maximum atomic E-state index is 11.3. The van der Waals surface area contributed by atoms with E-state index in [0.717, 1.165) is 37.0 Å². The van der Waals surface area contributed by atoms with Gasteiger partial charge in [0.15, 0.2) is 0 Å². The molecule has 3 heteroatoms. The fraction of sp³-hybridized carbons (Fsp3) is 0.909. The number of aliphatic carboxylic acids is 1. The number of carbonyl (C=O) groups is 1. The van der Waals surface area contributed by atoms with Gasteiger partial charge < -0.3 is 5.11 Å². The second-order valence-electron chi connectivity index (χ2n) is 5.50. The van der Waals surface area contributed by atoms with Gasteiger partial charge in [-0.1, -0.05) is 0 Å². The van der Waals surface area contributed by atoms with Gasteiger partial charge in [-0.15, -0.1) is 0 Å². The van der Waals surface area contributed by atoms with Gasteiger partial charge in [-0.25, -0.2) is 0 Å². The van der Waals surface area contributed by atoms with Gasteiger partial charge in [0.1, 0.15) is 0 Å². The minimum absolute atomic E-state index is 0. The Kier molecular flexibility index (Phi) is 3.18. The van der Waals surface area contributed by atoms with Crippen LogP contribution in [-0.4, -0.2) is 62.5 Å². The molecule has 0 amide bonds. The number of carboxylic acids is 1. The Bertz CT molecular complexity index is 227. The Balaban J connectivity index is 0.000000750. The molecule has 0 aliphatic heterocycles. The summed E-state index contributed by atoms with van der Waals surface area (Å²) < 4.78 is 0. The molecule has 0 unspecified atom stereocenters. The van der Waals surface area contributed by atoms with Crippen molar-refractivity contribution in [1.29, 1.82) is 0 Å². The quantitative estimate of drug-likeness (QED) is 0.682. The van der Waals surface area contributed by atoms with Crippen LogP contribution in [0.2, 0.25) is 0 Å². The Morgan fingerprint density at radius 2 is 1.36 bits per heavy atom. The Morgan fingerprint density at radius 3 is 1.64 bits per heavy atom. The van der Waals surface area contributed by atoms with Gasteiger partial charge >= 0.3 is 57.4 Å². The van der Waals surface area contributed by atoms with Crippen LogP contribution in [0.1, 0.15) is 38.5 Å². The average Bonchev–Trinajstić information content (AvgIpc) is 2.00. The molecular formula is C11H17KO2. The van der Waals surface area contributed by atoms with Crippen molar-refractivity contribution in [3.05, 3.63) is 0 Å². The molecular weight excluding hydrogens is 203 g/mol. The standard InChI is InChI=1S/C11H16O2.K.H/c12-10(13)11-4-7-1-8(5-11)3-9(2-7)6-11;;/h7-9H,1-6H2,(H,12,13);;. The van der Waals surface area contributed by atoms with Crippen molar-refractivity contribution in [3.63, 3.8) is 0 Å². The first-order valence-electron chi connectivity index (χ1n) is 5.41. The van der Waals surface area contributed by atoms with Crippen LogP contribution >= 0.6 is 0 Å². The van der Waals surface area contributed by atoms with Crippen LogP contribution in [0.4, 0.5) is 0 Å². The van der Waals surface area contributed by atoms with Crippen LogP contribution in [0.3, 0.4) is 0 Å². The number of rotatable bonds is 1. The fourth-order valence-electron chi connectivity index (χ4n) is 4.37. The van der Waals surface area contributed by atoms with Crippen LogP contribution in [0.5, 0.6) is 0 Å². The van der Waals surface area contributed by atoms with Gasteiger partial charge in [0.05, 0.1) is 5.41 Å². The predicted molar refractivity (Wildman–Crippen MR) is 55.4 cm³/mol. The number of carboxylic acid groups (broad SMARTS) is 1. The third-order valence-electron chi connectivity index (χ3n) is 4.49. The van der Waals surface area contributed by atoms with Crippen molar-refractivity contribution in [1.82, 2.24) is 0 Å². The molecule has 4 fully saturated rings. The van der Waals surface area contributed by atoms with Gasteiger partial charge in [-0.3, -0.25) is 4.79 Å². The summed E-state index contributed by atoms with van der Waals surface area (Å²) >= 11 is 0. The van der Waals surface area contributed by atoms with Crippen LogP contribution in [0.15, 0.2) is 0 Å². The molecule has 1 N–H and O–H groups in total. The molecule has 4 aliphatic rings. The van der Waals surface area contributed by atoms with E-state index in [-0.39, 0.29) is 56.8 Å². The summed E-state index contributed by atoms with van der Waals surface area (Å²) in [6.45, 7) is 0. The van der Waals surface area contributed by atoms with Crippen molar-refractivity contribution in [2.75, 3.05) is 0 Å². The molecule has 4 rings (SSSR count). The van der Waals surface area contributed by atoms with Crippen LogP contribution in [0.25, 0.3) is 0 Å². The normalized spacial score (nSPS) is 48.7. The molecule has 0 aromatic rings. The van der Waals surface area contributed by atoms with E-state index in [1.54, 1.807) is 0 Å². The summed E-state index contributed by atoms with van der Waals surface area (Å²) in [7, 11) is 0. The molecule has 0 saturated heterocycles. The molecule has 74 valence electrons. The van der Waals surface area contributed by atoms with Crippen molar-refractivity contribution < 1.29 is 9.90 Å². The van der Waals surface area contributed by atoms with E-state index in [2.05, 4.69) is 0 Å². The van der Waals surface area contributed by atoms with Crippen LogP contribution in [0, 0.1) is 23.2 Å². The zero-order valence-corrected chi connectivity index (χ0v) is 7.83. The van der Waals surface area contributed by atoms with Gasteiger partial charge in [0.25, 0.3) is 0 Å². The zero-order valence-electron chi connectivity index (χ0n) is 7.83. The van der Waals surface area contributed by atoms with Crippen molar-refractivity contribution in [2.45, 2.75) is 38.5 Å². The van der Waals surface area contributed by atoms with Crippen molar-refractivity contribution in [2.24, 2.45) is 23.2 Å². The molecule has 2 nitrogen and oxygen atoms in total. The fourth-order valence-corrected chi connectivity index (χ4v) is 4.37. The van der Waals surface area contributed by atoms with Crippen LogP contribution in [-0.2, 0) is 4.79 Å². The number of hydrogen-bond acceptors (Lipinski definition) is 1. The summed E-state index contributed by atoms with van der Waals surface area (Å²) in [6, 6.07) is 0. The molecule has 14 heavy (non-hydrogen) atoms. The average molecular weight is 220 g/mol. The summed E-state index contributed by atoms with van der Waals surface area (Å²) in [5, 5.41) is 9.28. The monoisotopic (exact) mass is 220 g/mol. The molecule has 4 saturated carbocycles. The minimum atomic E-state index is -0.508. The van der Waals surface area contributed by atoms with Gasteiger partial charge in [0, 0.05) is 0 Å². The Labute approximate surface area is 127 Å². The predicted octanol–water partition coefficient (Wildman–Crippen LogP) is 1.64. The maximum absolute atomic E-state index is 11.3. The second-order valence-corrected chi connectivity index (χ2v) is 5.50. The van der Waals surface area contributed by atoms with E-state index in [1.165, 1.54) is 19.3 Å². The van der Waals surface area contributed by atoms with Gasteiger partial charge in [-0.2, -0.15) is 0 Å². The summed E-state index contributed by atoms with van der Waals surface area (Å²) in [4.78, 5) is 11.3. The zero-order chi connectivity index (χ0) is 9.05. The first kappa shape index (κ1) is 11.6. The second kappa shape index (κ2) is 3.84. The van der Waals surface area contributed by atoms with E-state index in [9.17, 15) is 9.90 Å². The first-order chi connectivity index (χ1) is 6.18. The Morgan fingerprint density at radius 1 is 1.00 bits per heavy atom. The van der Waals surface area contributed by atoms with Crippen molar-refractivity contribution in [3.8, 4) is 0 Å². The molecule has 0 radical (unpaired) electrons. The molecule has 0 heterocycles. The molecule has 0 aromatic carbocycles.